The Morgan fingerprint density at radius 1 is 1.53 bits per heavy atom. The van der Waals surface area contributed by atoms with Crippen LogP contribution in [0.4, 0.5) is 0 Å². The third kappa shape index (κ3) is 2.28. The Kier molecular flexibility index (Phi) is 3.33. The second-order valence-electron chi connectivity index (χ2n) is 3.54. The molecule has 1 amide bonds. The van der Waals surface area contributed by atoms with Crippen molar-refractivity contribution in [3.05, 3.63) is 34.9 Å². The highest BCUT2D eigenvalue weighted by Gasteiger charge is 2.32. The molecule has 0 aliphatic rings. The lowest BCUT2D eigenvalue weighted by molar-refractivity contribution is -0.122. The lowest BCUT2D eigenvalue weighted by Gasteiger charge is -2.23. The zero-order valence-corrected chi connectivity index (χ0v) is 9.08. The summed E-state index contributed by atoms with van der Waals surface area (Å²) in [5.41, 5.74) is 5.07. The van der Waals surface area contributed by atoms with Crippen LogP contribution in [-0.4, -0.2) is 5.91 Å². The van der Waals surface area contributed by atoms with Crippen LogP contribution in [0.25, 0.3) is 0 Å². The molecule has 0 bridgehead atoms. The average Bonchev–Trinajstić information content (AvgIpc) is 2.18. The van der Waals surface area contributed by atoms with Crippen LogP contribution in [0.1, 0.15) is 18.9 Å². The van der Waals surface area contributed by atoms with E-state index in [1.807, 2.05) is 6.07 Å². The lowest BCUT2D eigenvalue weighted by Crippen LogP contribution is -2.38. The molecule has 2 N–H and O–H groups in total. The van der Waals surface area contributed by atoms with Gasteiger partial charge in [0.05, 0.1) is 17.9 Å². The Morgan fingerprint density at radius 2 is 2.07 bits per heavy atom. The van der Waals surface area contributed by atoms with E-state index in [1.165, 1.54) is 0 Å². The maximum Gasteiger partial charge on any atom is 0.228 e. The molecule has 1 unspecified atom stereocenters. The first kappa shape index (κ1) is 11.5. The molecule has 0 aliphatic carbocycles. The highest BCUT2D eigenvalue weighted by molar-refractivity contribution is 6.30. The molecule has 4 heteroatoms. The van der Waals surface area contributed by atoms with Gasteiger partial charge in [-0.2, -0.15) is 5.26 Å². The molecule has 1 aromatic carbocycles. The first-order chi connectivity index (χ1) is 7.00. The van der Waals surface area contributed by atoms with Gasteiger partial charge in [0.1, 0.15) is 0 Å². The zero-order valence-electron chi connectivity index (χ0n) is 8.33. The quantitative estimate of drug-likeness (QED) is 0.850. The number of carbonyl (C=O) groups is 1. The van der Waals surface area contributed by atoms with Crippen molar-refractivity contribution in [1.82, 2.24) is 0 Å². The molecule has 1 rings (SSSR count). The van der Waals surface area contributed by atoms with Crippen molar-refractivity contribution in [1.29, 1.82) is 5.26 Å². The molecule has 0 saturated carbocycles. The number of benzene rings is 1. The monoisotopic (exact) mass is 222 g/mol. The van der Waals surface area contributed by atoms with Gasteiger partial charge in [-0.3, -0.25) is 4.79 Å². The van der Waals surface area contributed by atoms with Crippen molar-refractivity contribution >= 4 is 17.5 Å². The maximum atomic E-state index is 11.3. The third-order valence-corrected chi connectivity index (χ3v) is 2.71. The topological polar surface area (TPSA) is 66.9 Å². The maximum absolute atomic E-state index is 11.3. The summed E-state index contributed by atoms with van der Waals surface area (Å²) >= 11 is 5.74. The molecule has 1 atom stereocenters. The predicted molar refractivity (Wildman–Crippen MR) is 58.2 cm³/mol. The number of hydrogen-bond acceptors (Lipinski definition) is 2. The van der Waals surface area contributed by atoms with E-state index in [1.54, 1.807) is 31.2 Å². The van der Waals surface area contributed by atoms with Gasteiger partial charge in [-0.05, 0) is 24.6 Å². The van der Waals surface area contributed by atoms with Crippen LogP contribution in [0.2, 0.25) is 5.02 Å². The summed E-state index contributed by atoms with van der Waals surface area (Å²) in [6.45, 7) is 1.65. The van der Waals surface area contributed by atoms with Crippen LogP contribution >= 0.6 is 11.6 Å². The number of amides is 1. The van der Waals surface area contributed by atoms with Gasteiger partial charge in [-0.25, -0.2) is 0 Å². The minimum atomic E-state index is -0.945. The summed E-state index contributed by atoms with van der Waals surface area (Å²) in [6.07, 6.45) is 0.0595. The van der Waals surface area contributed by atoms with Crippen LogP contribution in [-0.2, 0) is 10.2 Å². The fourth-order valence-electron chi connectivity index (χ4n) is 1.31. The van der Waals surface area contributed by atoms with Crippen molar-refractivity contribution in [2.45, 2.75) is 18.8 Å². The van der Waals surface area contributed by atoms with Gasteiger partial charge in [-0.1, -0.05) is 23.7 Å². The van der Waals surface area contributed by atoms with Gasteiger partial charge in [-0.15, -0.1) is 0 Å². The van der Waals surface area contributed by atoms with E-state index in [0.717, 1.165) is 0 Å². The summed E-state index contributed by atoms with van der Waals surface area (Å²) < 4.78 is 0. The largest absolute Gasteiger partial charge is 0.369 e. The van der Waals surface area contributed by atoms with Gasteiger partial charge in [0.15, 0.2) is 0 Å². The molecule has 15 heavy (non-hydrogen) atoms. The van der Waals surface area contributed by atoms with E-state index in [4.69, 9.17) is 22.6 Å². The number of primary amides is 1. The van der Waals surface area contributed by atoms with Crippen LogP contribution in [0, 0.1) is 11.3 Å². The second kappa shape index (κ2) is 4.33. The Labute approximate surface area is 93.5 Å². The van der Waals surface area contributed by atoms with Crippen molar-refractivity contribution < 1.29 is 4.79 Å². The third-order valence-electron chi connectivity index (χ3n) is 2.46. The van der Waals surface area contributed by atoms with Crippen molar-refractivity contribution in [2.75, 3.05) is 0 Å². The normalized spacial score (nSPS) is 13.9. The number of nitrogens with zero attached hydrogens (tertiary/aromatic N) is 1. The molecule has 78 valence electrons. The molecule has 0 aromatic heterocycles. The standard InChI is InChI=1S/C11H11ClN2O/c1-11(6-7-13,10(14)15)8-2-4-9(12)5-3-8/h2-5H,6H2,1H3,(H2,14,15). The second-order valence-corrected chi connectivity index (χ2v) is 3.97. The zero-order chi connectivity index (χ0) is 11.5. The van der Waals surface area contributed by atoms with E-state index in [-0.39, 0.29) is 6.42 Å². The Morgan fingerprint density at radius 3 is 2.47 bits per heavy atom. The van der Waals surface area contributed by atoms with Gasteiger partial charge < -0.3 is 5.73 Å². The van der Waals surface area contributed by atoms with Crippen LogP contribution in [0.3, 0.4) is 0 Å². The van der Waals surface area contributed by atoms with Gasteiger partial charge in [0.25, 0.3) is 0 Å². The van der Waals surface area contributed by atoms with Crippen molar-refractivity contribution in [3.63, 3.8) is 0 Å². The minimum Gasteiger partial charge on any atom is -0.369 e. The summed E-state index contributed by atoms with van der Waals surface area (Å²) in [5.74, 6) is -0.508. The minimum absolute atomic E-state index is 0.0595. The predicted octanol–water partition coefficient (Wildman–Crippen LogP) is 2.00. The van der Waals surface area contributed by atoms with Crippen molar-refractivity contribution in [3.8, 4) is 6.07 Å². The van der Waals surface area contributed by atoms with Gasteiger partial charge >= 0.3 is 0 Å². The summed E-state index contributed by atoms with van der Waals surface area (Å²) in [4.78, 5) is 11.3. The molecule has 0 spiro atoms. The first-order valence-electron chi connectivity index (χ1n) is 4.43. The fourth-order valence-corrected chi connectivity index (χ4v) is 1.43. The van der Waals surface area contributed by atoms with E-state index in [9.17, 15) is 4.79 Å². The summed E-state index contributed by atoms with van der Waals surface area (Å²) in [6, 6.07) is 8.75. The smallest absolute Gasteiger partial charge is 0.228 e. The van der Waals surface area contributed by atoms with Crippen LogP contribution in [0.5, 0.6) is 0 Å². The van der Waals surface area contributed by atoms with Crippen molar-refractivity contribution in [2.24, 2.45) is 5.73 Å². The van der Waals surface area contributed by atoms with Gasteiger partial charge in [0.2, 0.25) is 5.91 Å². The van der Waals surface area contributed by atoms with E-state index in [0.29, 0.717) is 10.6 Å². The Bertz CT molecular complexity index is 408. The van der Waals surface area contributed by atoms with E-state index in [2.05, 4.69) is 0 Å². The molecule has 0 aliphatic heterocycles. The van der Waals surface area contributed by atoms with Crippen LogP contribution < -0.4 is 5.73 Å². The lowest BCUT2D eigenvalue weighted by atomic mass is 9.79. The molecular formula is C11H11ClN2O. The number of nitriles is 1. The first-order valence-corrected chi connectivity index (χ1v) is 4.81. The number of halogens is 1. The van der Waals surface area contributed by atoms with E-state index >= 15 is 0 Å². The Hall–Kier alpha value is -1.53. The van der Waals surface area contributed by atoms with Crippen LogP contribution in [0.15, 0.2) is 24.3 Å². The molecule has 0 radical (unpaired) electrons. The molecular weight excluding hydrogens is 212 g/mol. The molecule has 0 saturated heterocycles. The number of rotatable bonds is 3. The summed E-state index contributed by atoms with van der Waals surface area (Å²) in [7, 11) is 0. The van der Waals surface area contributed by atoms with Gasteiger partial charge in [0, 0.05) is 5.02 Å². The van der Waals surface area contributed by atoms with E-state index < -0.39 is 11.3 Å². The summed E-state index contributed by atoms with van der Waals surface area (Å²) in [5, 5.41) is 9.27. The Balaban J connectivity index is 3.16. The molecule has 3 nitrogen and oxygen atoms in total. The SMILES string of the molecule is CC(CC#N)(C(N)=O)c1ccc(Cl)cc1. The molecule has 0 heterocycles. The molecule has 0 fully saturated rings. The fraction of sp³-hybridized carbons (Fsp3) is 0.273. The average molecular weight is 223 g/mol. The molecule has 1 aromatic rings. The number of nitrogens with two attached hydrogens (primary N) is 1. The number of carbonyl (C=O) groups excluding carboxylic acids is 1. The highest BCUT2D eigenvalue weighted by Crippen LogP contribution is 2.27. The number of hydrogen-bond donors (Lipinski definition) is 1. The highest BCUT2D eigenvalue weighted by atomic mass is 35.5.